The van der Waals surface area contributed by atoms with Gasteiger partial charge in [-0.1, -0.05) is 18.2 Å². The molecular formula is C24H28F3N5O. The van der Waals surface area contributed by atoms with Gasteiger partial charge in [0.15, 0.2) is 5.65 Å². The lowest BCUT2D eigenvalue weighted by atomic mass is 10.1. The maximum atomic E-state index is 12.9. The molecule has 1 aromatic carbocycles. The summed E-state index contributed by atoms with van der Waals surface area (Å²) in [4.78, 5) is 21.4. The molecule has 1 fully saturated rings. The molecule has 0 spiro atoms. The monoisotopic (exact) mass is 459 g/mol. The third-order valence-electron chi connectivity index (χ3n) is 6.26. The van der Waals surface area contributed by atoms with E-state index in [2.05, 4.69) is 15.0 Å². The predicted octanol–water partition coefficient (Wildman–Crippen LogP) is 3.95. The standard InChI is InChI=1S/C24H28F3N5O/c1-16-13-22-28-17(2)21(18(3)32(22)29-16)7-8-23(33)31-11-9-30(10-12-31)15-19-5-4-6-20(14-19)24(25,26)27/h4-6,13-14H,7-12,15H2,1-3H3. The molecule has 0 aliphatic carbocycles. The average Bonchev–Trinajstić information content (AvgIpc) is 3.14. The first kappa shape index (κ1) is 23.2. The zero-order valence-electron chi connectivity index (χ0n) is 19.1. The number of carbonyl (C=O) groups is 1. The van der Waals surface area contributed by atoms with Crippen LogP contribution in [0.15, 0.2) is 30.3 Å². The fraction of sp³-hybridized carbons (Fsp3) is 0.458. The molecule has 3 aromatic rings. The summed E-state index contributed by atoms with van der Waals surface area (Å²) in [5.41, 5.74) is 4.69. The molecule has 2 aromatic heterocycles. The lowest BCUT2D eigenvalue weighted by molar-refractivity contribution is -0.137. The first-order valence-electron chi connectivity index (χ1n) is 11.1. The molecule has 33 heavy (non-hydrogen) atoms. The van der Waals surface area contributed by atoms with Gasteiger partial charge in [0.1, 0.15) is 0 Å². The molecule has 0 saturated carbocycles. The van der Waals surface area contributed by atoms with Crippen molar-refractivity contribution in [1.82, 2.24) is 24.4 Å². The number of alkyl halides is 3. The van der Waals surface area contributed by atoms with Crippen LogP contribution in [0.25, 0.3) is 5.65 Å². The first-order chi connectivity index (χ1) is 15.6. The molecule has 1 saturated heterocycles. The first-order valence-corrected chi connectivity index (χ1v) is 11.1. The molecular weight excluding hydrogens is 431 g/mol. The van der Waals surface area contributed by atoms with Gasteiger partial charge >= 0.3 is 6.18 Å². The Bertz CT molecular complexity index is 1160. The summed E-state index contributed by atoms with van der Waals surface area (Å²) in [6, 6.07) is 7.38. The van der Waals surface area contributed by atoms with E-state index in [1.54, 1.807) is 6.07 Å². The van der Waals surface area contributed by atoms with Crippen LogP contribution in [0.1, 0.15) is 40.2 Å². The highest BCUT2D eigenvalue weighted by Gasteiger charge is 2.30. The summed E-state index contributed by atoms with van der Waals surface area (Å²) in [6.07, 6.45) is -3.35. The van der Waals surface area contributed by atoms with E-state index in [1.807, 2.05) is 36.3 Å². The number of carbonyl (C=O) groups excluding carboxylic acids is 1. The van der Waals surface area contributed by atoms with Crippen LogP contribution in [0.3, 0.4) is 0 Å². The Morgan fingerprint density at radius 1 is 1.06 bits per heavy atom. The molecule has 0 radical (unpaired) electrons. The van der Waals surface area contributed by atoms with Gasteiger partial charge in [-0.25, -0.2) is 9.50 Å². The molecule has 0 atom stereocenters. The highest BCUT2D eigenvalue weighted by atomic mass is 19.4. The van der Waals surface area contributed by atoms with Crippen molar-refractivity contribution in [3.05, 3.63) is 64.1 Å². The van der Waals surface area contributed by atoms with E-state index in [0.717, 1.165) is 34.4 Å². The molecule has 1 amide bonds. The van der Waals surface area contributed by atoms with Crippen LogP contribution < -0.4 is 0 Å². The molecule has 3 heterocycles. The maximum Gasteiger partial charge on any atom is 0.416 e. The maximum absolute atomic E-state index is 12.9. The van der Waals surface area contributed by atoms with Crippen molar-refractivity contribution in [3.8, 4) is 0 Å². The molecule has 9 heteroatoms. The van der Waals surface area contributed by atoms with Crippen molar-refractivity contribution >= 4 is 11.6 Å². The molecule has 4 rings (SSSR count). The summed E-state index contributed by atoms with van der Waals surface area (Å²) in [5.74, 6) is 0.0873. The summed E-state index contributed by atoms with van der Waals surface area (Å²) in [5, 5.41) is 4.48. The number of aryl methyl sites for hydroxylation is 3. The molecule has 6 nitrogen and oxygen atoms in total. The van der Waals surface area contributed by atoms with Crippen molar-refractivity contribution in [2.45, 2.75) is 46.3 Å². The topological polar surface area (TPSA) is 53.7 Å². The van der Waals surface area contributed by atoms with Gasteiger partial charge in [0.25, 0.3) is 0 Å². The molecule has 0 N–H and O–H groups in total. The Hall–Kier alpha value is -2.94. The Morgan fingerprint density at radius 3 is 2.48 bits per heavy atom. The van der Waals surface area contributed by atoms with Crippen LogP contribution in [0.5, 0.6) is 0 Å². The van der Waals surface area contributed by atoms with E-state index in [-0.39, 0.29) is 5.91 Å². The van der Waals surface area contributed by atoms with Crippen LogP contribution in [-0.4, -0.2) is 56.5 Å². The highest BCUT2D eigenvalue weighted by Crippen LogP contribution is 2.29. The molecule has 0 unspecified atom stereocenters. The van der Waals surface area contributed by atoms with Gasteiger partial charge in [-0.2, -0.15) is 18.3 Å². The number of piperazine rings is 1. The second-order valence-corrected chi connectivity index (χ2v) is 8.67. The van der Waals surface area contributed by atoms with Gasteiger partial charge < -0.3 is 4.90 Å². The molecule has 1 aliphatic rings. The van der Waals surface area contributed by atoms with Crippen molar-refractivity contribution in [3.63, 3.8) is 0 Å². The summed E-state index contributed by atoms with van der Waals surface area (Å²) < 4.78 is 40.7. The summed E-state index contributed by atoms with van der Waals surface area (Å²) in [6.45, 7) is 8.76. The van der Waals surface area contributed by atoms with Gasteiger partial charge in [-0.05, 0) is 44.4 Å². The second-order valence-electron chi connectivity index (χ2n) is 8.67. The molecule has 0 bridgehead atoms. The summed E-state index contributed by atoms with van der Waals surface area (Å²) >= 11 is 0. The Kier molecular flexibility index (Phi) is 6.43. The van der Waals surface area contributed by atoms with Crippen LogP contribution in [-0.2, 0) is 23.9 Å². The lowest BCUT2D eigenvalue weighted by Crippen LogP contribution is -2.48. The minimum Gasteiger partial charge on any atom is -0.340 e. The largest absolute Gasteiger partial charge is 0.416 e. The predicted molar refractivity (Wildman–Crippen MR) is 119 cm³/mol. The van der Waals surface area contributed by atoms with E-state index < -0.39 is 11.7 Å². The Morgan fingerprint density at radius 2 is 1.79 bits per heavy atom. The number of fused-ring (bicyclic) bond motifs is 1. The van der Waals surface area contributed by atoms with Crippen LogP contribution in [0.4, 0.5) is 13.2 Å². The zero-order chi connectivity index (χ0) is 23.8. The van der Waals surface area contributed by atoms with Gasteiger partial charge in [-0.3, -0.25) is 9.69 Å². The number of amides is 1. The number of aromatic nitrogens is 3. The number of nitrogens with zero attached hydrogens (tertiary/aromatic N) is 5. The average molecular weight is 460 g/mol. The van der Waals surface area contributed by atoms with Crippen LogP contribution in [0, 0.1) is 20.8 Å². The Labute approximate surface area is 191 Å². The van der Waals surface area contributed by atoms with E-state index >= 15 is 0 Å². The zero-order valence-corrected chi connectivity index (χ0v) is 19.1. The number of halogens is 3. The quantitative estimate of drug-likeness (QED) is 0.580. The van der Waals surface area contributed by atoms with Crippen LogP contribution in [0.2, 0.25) is 0 Å². The van der Waals surface area contributed by atoms with Gasteiger partial charge in [0.05, 0.1) is 11.3 Å². The van der Waals surface area contributed by atoms with E-state index in [4.69, 9.17) is 0 Å². The number of hydrogen-bond donors (Lipinski definition) is 0. The number of benzene rings is 1. The summed E-state index contributed by atoms with van der Waals surface area (Å²) in [7, 11) is 0. The minimum absolute atomic E-state index is 0.0873. The SMILES string of the molecule is Cc1cc2nc(C)c(CCC(=O)N3CCN(Cc4cccc(C(F)(F)F)c4)CC3)c(C)n2n1. The van der Waals surface area contributed by atoms with E-state index in [0.29, 0.717) is 51.1 Å². The van der Waals surface area contributed by atoms with E-state index in [1.165, 1.54) is 12.1 Å². The fourth-order valence-electron chi connectivity index (χ4n) is 4.45. The second kappa shape index (κ2) is 9.13. The van der Waals surface area contributed by atoms with Crippen molar-refractivity contribution in [2.75, 3.05) is 26.2 Å². The van der Waals surface area contributed by atoms with Crippen LogP contribution >= 0.6 is 0 Å². The lowest BCUT2D eigenvalue weighted by Gasteiger charge is -2.35. The van der Waals surface area contributed by atoms with E-state index in [9.17, 15) is 18.0 Å². The van der Waals surface area contributed by atoms with Gasteiger partial charge in [-0.15, -0.1) is 0 Å². The smallest absolute Gasteiger partial charge is 0.340 e. The van der Waals surface area contributed by atoms with Crippen molar-refractivity contribution in [2.24, 2.45) is 0 Å². The van der Waals surface area contributed by atoms with Crippen molar-refractivity contribution < 1.29 is 18.0 Å². The Balaban J connectivity index is 1.32. The minimum atomic E-state index is -4.34. The van der Waals surface area contributed by atoms with Crippen molar-refractivity contribution in [1.29, 1.82) is 0 Å². The normalized spacial score (nSPS) is 15.4. The molecule has 176 valence electrons. The van der Waals surface area contributed by atoms with Gasteiger partial charge in [0.2, 0.25) is 5.91 Å². The highest BCUT2D eigenvalue weighted by molar-refractivity contribution is 5.76. The number of rotatable bonds is 5. The fourth-order valence-corrected chi connectivity index (χ4v) is 4.45. The third-order valence-corrected chi connectivity index (χ3v) is 6.26. The van der Waals surface area contributed by atoms with Gasteiger partial charge in [0, 0.05) is 56.6 Å². The number of hydrogen-bond acceptors (Lipinski definition) is 4. The third kappa shape index (κ3) is 5.19. The molecule has 1 aliphatic heterocycles.